The molecule has 0 aliphatic heterocycles. The number of nitrogens with zero attached hydrogens (tertiary/aromatic N) is 1. The Balaban J connectivity index is 1.98. The van der Waals surface area contributed by atoms with Crippen LogP contribution in [0.2, 0.25) is 0 Å². The van der Waals surface area contributed by atoms with Crippen molar-refractivity contribution in [3.05, 3.63) is 53.4 Å². The molecule has 0 aliphatic rings. The average molecular weight is 262 g/mol. The van der Waals surface area contributed by atoms with Crippen molar-refractivity contribution in [2.45, 2.75) is 12.6 Å². The SMILES string of the molecule is O=C(O)c1cc(CNC(CO)c2ccccc2)on1. The van der Waals surface area contributed by atoms with Crippen molar-refractivity contribution in [1.29, 1.82) is 0 Å². The summed E-state index contributed by atoms with van der Waals surface area (Å²) in [6.07, 6.45) is 0. The lowest BCUT2D eigenvalue weighted by Crippen LogP contribution is -2.23. The zero-order valence-electron chi connectivity index (χ0n) is 10.1. The lowest BCUT2D eigenvalue weighted by atomic mass is 10.1. The predicted octanol–water partition coefficient (Wildman–Crippen LogP) is 1.20. The first-order valence-electron chi connectivity index (χ1n) is 5.79. The molecule has 1 unspecified atom stereocenters. The van der Waals surface area contributed by atoms with Crippen molar-refractivity contribution in [3.63, 3.8) is 0 Å². The molecule has 2 rings (SSSR count). The molecular weight excluding hydrogens is 248 g/mol. The summed E-state index contributed by atoms with van der Waals surface area (Å²) in [4.78, 5) is 10.6. The van der Waals surface area contributed by atoms with Gasteiger partial charge in [0, 0.05) is 6.07 Å². The van der Waals surface area contributed by atoms with Crippen LogP contribution >= 0.6 is 0 Å². The fraction of sp³-hybridized carbons (Fsp3) is 0.231. The van der Waals surface area contributed by atoms with E-state index in [1.165, 1.54) is 6.07 Å². The Bertz CT molecular complexity index is 539. The molecule has 2 aromatic rings. The summed E-state index contributed by atoms with van der Waals surface area (Å²) in [6.45, 7) is 0.227. The highest BCUT2D eigenvalue weighted by molar-refractivity contribution is 5.85. The van der Waals surface area contributed by atoms with Crippen LogP contribution in [0, 0.1) is 0 Å². The first-order valence-corrected chi connectivity index (χ1v) is 5.79. The van der Waals surface area contributed by atoms with Crippen molar-refractivity contribution in [2.24, 2.45) is 0 Å². The number of hydrogen-bond donors (Lipinski definition) is 3. The Morgan fingerprint density at radius 3 is 2.68 bits per heavy atom. The van der Waals surface area contributed by atoms with Gasteiger partial charge in [-0.15, -0.1) is 0 Å². The number of hydrogen-bond acceptors (Lipinski definition) is 5. The van der Waals surface area contributed by atoms with Crippen LogP contribution in [-0.2, 0) is 6.54 Å². The molecule has 1 atom stereocenters. The monoisotopic (exact) mass is 262 g/mol. The van der Waals surface area contributed by atoms with E-state index in [9.17, 15) is 9.90 Å². The molecule has 0 saturated carbocycles. The van der Waals surface area contributed by atoms with Gasteiger partial charge in [-0.05, 0) is 5.56 Å². The lowest BCUT2D eigenvalue weighted by Gasteiger charge is -2.15. The van der Waals surface area contributed by atoms with E-state index in [4.69, 9.17) is 9.63 Å². The minimum absolute atomic E-state index is 0.0655. The molecule has 0 aliphatic carbocycles. The van der Waals surface area contributed by atoms with Gasteiger partial charge in [-0.25, -0.2) is 4.79 Å². The maximum atomic E-state index is 10.6. The molecule has 6 nitrogen and oxygen atoms in total. The summed E-state index contributed by atoms with van der Waals surface area (Å²) < 4.78 is 4.88. The van der Waals surface area contributed by atoms with E-state index in [-0.39, 0.29) is 18.3 Å². The first kappa shape index (κ1) is 13.3. The van der Waals surface area contributed by atoms with Gasteiger partial charge in [-0.1, -0.05) is 35.5 Å². The highest BCUT2D eigenvalue weighted by Gasteiger charge is 2.13. The van der Waals surface area contributed by atoms with Crippen molar-refractivity contribution < 1.29 is 19.5 Å². The van der Waals surface area contributed by atoms with E-state index in [1.807, 2.05) is 30.3 Å². The highest BCUT2D eigenvalue weighted by atomic mass is 16.5. The number of aromatic carboxylic acids is 1. The number of nitrogens with one attached hydrogen (secondary N) is 1. The number of aliphatic hydroxyl groups excluding tert-OH is 1. The van der Waals surface area contributed by atoms with E-state index in [2.05, 4.69) is 10.5 Å². The summed E-state index contributed by atoms with van der Waals surface area (Å²) in [6, 6.07) is 10.6. The zero-order chi connectivity index (χ0) is 13.7. The Morgan fingerprint density at radius 1 is 1.37 bits per heavy atom. The minimum atomic E-state index is -1.13. The summed E-state index contributed by atoms with van der Waals surface area (Å²) in [5.74, 6) is -0.719. The number of aliphatic hydroxyl groups is 1. The van der Waals surface area contributed by atoms with Gasteiger partial charge in [0.1, 0.15) is 0 Å². The van der Waals surface area contributed by atoms with Crippen molar-refractivity contribution in [2.75, 3.05) is 6.61 Å². The molecule has 0 bridgehead atoms. The van der Waals surface area contributed by atoms with Crippen LogP contribution in [0.25, 0.3) is 0 Å². The molecular formula is C13H14N2O4. The maximum absolute atomic E-state index is 10.6. The van der Waals surface area contributed by atoms with Gasteiger partial charge >= 0.3 is 5.97 Å². The van der Waals surface area contributed by atoms with E-state index in [1.54, 1.807) is 0 Å². The Labute approximate surface area is 109 Å². The topological polar surface area (TPSA) is 95.6 Å². The molecule has 0 fully saturated rings. The van der Waals surface area contributed by atoms with Gasteiger partial charge in [0.15, 0.2) is 11.5 Å². The van der Waals surface area contributed by atoms with Crippen molar-refractivity contribution >= 4 is 5.97 Å². The molecule has 1 heterocycles. The molecule has 3 N–H and O–H groups in total. The number of aromatic nitrogens is 1. The van der Waals surface area contributed by atoms with Crippen LogP contribution < -0.4 is 5.32 Å². The van der Waals surface area contributed by atoms with Crippen molar-refractivity contribution in [3.8, 4) is 0 Å². The van der Waals surface area contributed by atoms with Gasteiger partial charge < -0.3 is 20.1 Å². The third kappa shape index (κ3) is 3.40. The second kappa shape index (κ2) is 6.12. The fourth-order valence-electron chi connectivity index (χ4n) is 1.69. The van der Waals surface area contributed by atoms with Crippen LogP contribution in [0.5, 0.6) is 0 Å². The molecule has 19 heavy (non-hydrogen) atoms. The highest BCUT2D eigenvalue weighted by Crippen LogP contribution is 2.13. The largest absolute Gasteiger partial charge is 0.476 e. The van der Waals surface area contributed by atoms with E-state index >= 15 is 0 Å². The number of carboxylic acid groups (broad SMARTS) is 1. The fourth-order valence-corrected chi connectivity index (χ4v) is 1.69. The third-order valence-corrected chi connectivity index (χ3v) is 2.69. The van der Waals surface area contributed by atoms with Crippen LogP contribution in [0.15, 0.2) is 40.9 Å². The quantitative estimate of drug-likeness (QED) is 0.724. The predicted molar refractivity (Wildman–Crippen MR) is 66.6 cm³/mol. The standard InChI is InChI=1S/C13H14N2O4/c16-8-12(9-4-2-1-3-5-9)14-7-10-6-11(13(17)18)15-19-10/h1-6,12,14,16H,7-8H2,(H,17,18). The normalized spacial score (nSPS) is 12.3. The van der Waals surface area contributed by atoms with Crippen LogP contribution in [0.4, 0.5) is 0 Å². The van der Waals surface area contributed by atoms with Crippen LogP contribution in [0.3, 0.4) is 0 Å². The third-order valence-electron chi connectivity index (χ3n) is 2.69. The number of carbonyl (C=O) groups is 1. The zero-order valence-corrected chi connectivity index (χ0v) is 10.1. The molecule has 0 saturated heterocycles. The van der Waals surface area contributed by atoms with E-state index < -0.39 is 5.97 Å². The Morgan fingerprint density at radius 2 is 2.11 bits per heavy atom. The summed E-state index contributed by atoms with van der Waals surface area (Å²) >= 11 is 0. The second-order valence-corrected chi connectivity index (χ2v) is 4.01. The molecule has 1 aromatic carbocycles. The van der Waals surface area contributed by atoms with Gasteiger partial charge in [0.25, 0.3) is 0 Å². The number of rotatable bonds is 6. The van der Waals surface area contributed by atoms with Gasteiger partial charge in [-0.3, -0.25) is 0 Å². The van der Waals surface area contributed by atoms with Crippen molar-refractivity contribution in [1.82, 2.24) is 10.5 Å². The van der Waals surface area contributed by atoms with Gasteiger partial charge in [0.05, 0.1) is 19.2 Å². The lowest BCUT2D eigenvalue weighted by molar-refractivity contribution is 0.0685. The first-order chi connectivity index (χ1) is 9.20. The number of benzene rings is 1. The number of carboxylic acids is 1. The summed E-state index contributed by atoms with van der Waals surface area (Å²) in [5, 5.41) is 24.6. The molecule has 1 aromatic heterocycles. The van der Waals surface area contributed by atoms with E-state index in [0.29, 0.717) is 12.3 Å². The second-order valence-electron chi connectivity index (χ2n) is 4.01. The van der Waals surface area contributed by atoms with Crippen LogP contribution in [0.1, 0.15) is 27.9 Å². The molecule has 0 spiro atoms. The summed E-state index contributed by atoms with van der Waals surface area (Å²) in [7, 11) is 0. The van der Waals surface area contributed by atoms with Gasteiger partial charge in [0.2, 0.25) is 0 Å². The molecule has 0 amide bonds. The van der Waals surface area contributed by atoms with E-state index in [0.717, 1.165) is 5.56 Å². The Kier molecular flexibility index (Phi) is 4.27. The molecule has 6 heteroatoms. The smallest absolute Gasteiger partial charge is 0.358 e. The summed E-state index contributed by atoms with van der Waals surface area (Å²) in [5.41, 5.74) is 0.819. The average Bonchev–Trinajstić information content (AvgIpc) is 2.90. The Hall–Kier alpha value is -2.18. The van der Waals surface area contributed by atoms with Gasteiger partial charge in [-0.2, -0.15) is 0 Å². The maximum Gasteiger partial charge on any atom is 0.358 e. The molecule has 0 radical (unpaired) electrons. The minimum Gasteiger partial charge on any atom is -0.476 e. The van der Waals surface area contributed by atoms with Crippen LogP contribution in [-0.4, -0.2) is 27.9 Å². The molecule has 100 valence electrons.